The van der Waals surface area contributed by atoms with E-state index in [9.17, 15) is 18.0 Å². The quantitative estimate of drug-likeness (QED) is 0.500. The van der Waals surface area contributed by atoms with Gasteiger partial charge in [-0.25, -0.2) is 8.42 Å². The zero-order valence-corrected chi connectivity index (χ0v) is 22.3. The summed E-state index contributed by atoms with van der Waals surface area (Å²) in [6, 6.07) is 11.1. The molecule has 0 aliphatic heterocycles. The zero-order chi connectivity index (χ0) is 25.6. The van der Waals surface area contributed by atoms with E-state index < -0.39 is 28.5 Å². The molecule has 1 atom stereocenters. The van der Waals surface area contributed by atoms with Crippen LogP contribution in [-0.4, -0.2) is 50.5 Å². The minimum absolute atomic E-state index is 0.0948. The highest BCUT2D eigenvalue weighted by molar-refractivity contribution is 7.92. The van der Waals surface area contributed by atoms with Crippen LogP contribution in [0.15, 0.2) is 42.5 Å². The van der Waals surface area contributed by atoms with E-state index in [1.54, 1.807) is 6.92 Å². The highest BCUT2D eigenvalue weighted by Crippen LogP contribution is 2.31. The lowest BCUT2D eigenvalue weighted by molar-refractivity contribution is -0.139. The minimum Gasteiger partial charge on any atom is -0.354 e. The topological polar surface area (TPSA) is 86.8 Å². The smallest absolute Gasteiger partial charge is 0.244 e. The van der Waals surface area contributed by atoms with Crippen LogP contribution in [0.4, 0.5) is 5.69 Å². The molecule has 7 nitrogen and oxygen atoms in total. The van der Waals surface area contributed by atoms with Gasteiger partial charge in [-0.05, 0) is 43.5 Å². The lowest BCUT2D eigenvalue weighted by atomic mass is 10.1. The first kappa shape index (κ1) is 28.0. The normalized spacial score (nSPS) is 12.4. The standard InChI is InChI=1S/C24H31Cl2N3O4S/c1-16(2)13-27-24(31)18(4)28(14-19-8-6-7-17(3)11-19)23(30)15-29(34(5,32)33)22-12-20(25)9-10-21(22)26/h6-12,16,18H,13-15H2,1-5H3,(H,27,31). The zero-order valence-electron chi connectivity index (χ0n) is 20.0. The molecule has 0 fully saturated rings. The summed E-state index contributed by atoms with van der Waals surface area (Å²) in [4.78, 5) is 27.7. The highest BCUT2D eigenvalue weighted by Gasteiger charge is 2.31. The van der Waals surface area contributed by atoms with Gasteiger partial charge in [0, 0.05) is 18.1 Å². The van der Waals surface area contributed by atoms with E-state index in [1.165, 1.54) is 23.1 Å². The number of nitrogens with one attached hydrogen (secondary N) is 1. The van der Waals surface area contributed by atoms with Gasteiger partial charge in [-0.1, -0.05) is 66.9 Å². The van der Waals surface area contributed by atoms with Crippen molar-refractivity contribution in [3.05, 3.63) is 63.6 Å². The number of sulfonamides is 1. The molecular formula is C24H31Cl2N3O4S. The van der Waals surface area contributed by atoms with E-state index >= 15 is 0 Å². The van der Waals surface area contributed by atoms with Crippen LogP contribution in [0.1, 0.15) is 31.9 Å². The largest absolute Gasteiger partial charge is 0.354 e. The van der Waals surface area contributed by atoms with Gasteiger partial charge in [0.05, 0.1) is 17.0 Å². The Balaban J connectivity index is 2.41. The van der Waals surface area contributed by atoms with Gasteiger partial charge >= 0.3 is 0 Å². The summed E-state index contributed by atoms with van der Waals surface area (Å²) in [6.45, 7) is 7.56. The van der Waals surface area contributed by atoms with Gasteiger partial charge in [-0.3, -0.25) is 13.9 Å². The molecule has 0 radical (unpaired) electrons. The molecule has 2 aromatic carbocycles. The van der Waals surface area contributed by atoms with E-state index in [1.807, 2.05) is 45.0 Å². The first-order valence-electron chi connectivity index (χ1n) is 10.8. The predicted molar refractivity (Wildman–Crippen MR) is 138 cm³/mol. The van der Waals surface area contributed by atoms with Crippen LogP contribution in [0.5, 0.6) is 0 Å². The molecule has 2 aromatic rings. The Morgan fingerprint density at radius 3 is 2.32 bits per heavy atom. The first-order valence-corrected chi connectivity index (χ1v) is 13.5. The number of anilines is 1. The van der Waals surface area contributed by atoms with E-state index in [0.717, 1.165) is 21.7 Å². The molecule has 0 aliphatic carbocycles. The van der Waals surface area contributed by atoms with Crippen molar-refractivity contribution in [3.8, 4) is 0 Å². The first-order chi connectivity index (χ1) is 15.8. The summed E-state index contributed by atoms with van der Waals surface area (Å²) < 4.78 is 26.1. The van der Waals surface area contributed by atoms with Gasteiger partial charge in [-0.15, -0.1) is 0 Å². The van der Waals surface area contributed by atoms with Crippen molar-refractivity contribution in [3.63, 3.8) is 0 Å². The van der Waals surface area contributed by atoms with E-state index in [2.05, 4.69) is 5.32 Å². The van der Waals surface area contributed by atoms with E-state index in [4.69, 9.17) is 23.2 Å². The molecule has 10 heteroatoms. The van der Waals surface area contributed by atoms with Crippen molar-refractivity contribution < 1.29 is 18.0 Å². The molecule has 34 heavy (non-hydrogen) atoms. The SMILES string of the molecule is Cc1cccc(CN(C(=O)CN(c2cc(Cl)ccc2Cl)S(C)(=O)=O)C(C)C(=O)NCC(C)C)c1. The van der Waals surface area contributed by atoms with Crippen molar-refractivity contribution in [2.24, 2.45) is 5.92 Å². The fourth-order valence-corrected chi connectivity index (χ4v) is 4.60. The van der Waals surface area contributed by atoms with Gasteiger partial charge in [0.1, 0.15) is 12.6 Å². The highest BCUT2D eigenvalue weighted by atomic mass is 35.5. The van der Waals surface area contributed by atoms with Crippen LogP contribution in [0.3, 0.4) is 0 Å². The number of amides is 2. The summed E-state index contributed by atoms with van der Waals surface area (Å²) >= 11 is 12.3. The summed E-state index contributed by atoms with van der Waals surface area (Å²) in [6.07, 6.45) is 0.987. The molecule has 0 aliphatic rings. The van der Waals surface area contributed by atoms with Crippen molar-refractivity contribution in [1.82, 2.24) is 10.2 Å². The van der Waals surface area contributed by atoms with Crippen molar-refractivity contribution in [1.29, 1.82) is 0 Å². The third-order valence-corrected chi connectivity index (χ3v) is 6.82. The second-order valence-corrected chi connectivity index (χ2v) is 11.4. The Morgan fingerprint density at radius 2 is 1.74 bits per heavy atom. The Labute approximate surface area is 212 Å². The Hall–Kier alpha value is -2.29. The molecule has 186 valence electrons. The van der Waals surface area contributed by atoms with E-state index in [0.29, 0.717) is 6.54 Å². The van der Waals surface area contributed by atoms with Gasteiger partial charge in [-0.2, -0.15) is 0 Å². The van der Waals surface area contributed by atoms with Crippen LogP contribution in [-0.2, 0) is 26.2 Å². The number of carbonyl (C=O) groups is 2. The summed E-state index contributed by atoms with van der Waals surface area (Å²) in [5.74, 6) is -0.626. The second-order valence-electron chi connectivity index (χ2n) is 8.69. The number of hydrogen-bond acceptors (Lipinski definition) is 4. The molecule has 0 bridgehead atoms. The lowest BCUT2D eigenvalue weighted by Crippen LogP contribution is -2.51. The number of rotatable bonds is 10. The summed E-state index contributed by atoms with van der Waals surface area (Å²) in [5.41, 5.74) is 1.92. The Morgan fingerprint density at radius 1 is 1.06 bits per heavy atom. The third-order valence-electron chi connectivity index (χ3n) is 5.14. The number of halogens is 2. The Bertz CT molecular complexity index is 1140. The second kappa shape index (κ2) is 11.9. The van der Waals surface area contributed by atoms with Gasteiger partial charge < -0.3 is 10.2 Å². The average molecular weight is 529 g/mol. The summed E-state index contributed by atoms with van der Waals surface area (Å²) in [7, 11) is -3.89. The fourth-order valence-electron chi connectivity index (χ4n) is 3.31. The minimum atomic E-state index is -3.89. The van der Waals surface area contributed by atoms with Crippen LogP contribution in [0, 0.1) is 12.8 Å². The molecule has 0 heterocycles. The number of benzene rings is 2. The molecule has 0 aromatic heterocycles. The molecule has 2 rings (SSSR count). The maximum atomic E-state index is 13.5. The number of hydrogen-bond donors (Lipinski definition) is 1. The van der Waals surface area contributed by atoms with Crippen LogP contribution >= 0.6 is 23.2 Å². The molecule has 1 unspecified atom stereocenters. The molecule has 0 spiro atoms. The molecular weight excluding hydrogens is 497 g/mol. The molecule has 1 N–H and O–H groups in total. The van der Waals surface area contributed by atoms with Gasteiger partial charge in [0.25, 0.3) is 0 Å². The van der Waals surface area contributed by atoms with Crippen molar-refractivity contribution in [2.45, 2.75) is 40.3 Å². The maximum Gasteiger partial charge on any atom is 0.244 e. The van der Waals surface area contributed by atoms with E-state index in [-0.39, 0.29) is 34.1 Å². The number of carbonyl (C=O) groups excluding carboxylic acids is 2. The number of aryl methyl sites for hydroxylation is 1. The average Bonchev–Trinajstić information content (AvgIpc) is 2.74. The molecule has 0 saturated carbocycles. The fraction of sp³-hybridized carbons (Fsp3) is 0.417. The van der Waals surface area contributed by atoms with Crippen molar-refractivity contribution in [2.75, 3.05) is 23.7 Å². The summed E-state index contributed by atoms with van der Waals surface area (Å²) in [5, 5.41) is 3.25. The Kier molecular flexibility index (Phi) is 9.79. The van der Waals surface area contributed by atoms with Crippen LogP contribution in [0.25, 0.3) is 0 Å². The molecule has 0 saturated heterocycles. The van der Waals surface area contributed by atoms with Crippen molar-refractivity contribution >= 4 is 50.7 Å². The monoisotopic (exact) mass is 527 g/mol. The maximum absolute atomic E-state index is 13.5. The van der Waals surface area contributed by atoms with Gasteiger partial charge in [0.2, 0.25) is 21.8 Å². The number of nitrogens with zero attached hydrogens (tertiary/aromatic N) is 2. The molecule has 2 amide bonds. The van der Waals surface area contributed by atoms with Gasteiger partial charge in [0.15, 0.2) is 0 Å². The van der Waals surface area contributed by atoms with Crippen LogP contribution < -0.4 is 9.62 Å². The predicted octanol–water partition coefficient (Wildman–Crippen LogP) is 4.26. The third kappa shape index (κ3) is 7.89. The lowest BCUT2D eigenvalue weighted by Gasteiger charge is -2.32. The van der Waals surface area contributed by atoms with Crippen LogP contribution in [0.2, 0.25) is 10.0 Å².